The van der Waals surface area contributed by atoms with Crippen LogP contribution in [-0.2, 0) is 0 Å². The van der Waals surface area contributed by atoms with Crippen molar-refractivity contribution in [1.82, 2.24) is 0 Å². The Kier molecular flexibility index (Phi) is 76.1. The maximum atomic E-state index is 5.72. The number of rotatable bonds is 0. The van der Waals surface area contributed by atoms with E-state index in [2.05, 4.69) is 47.0 Å². The highest BCUT2D eigenvalue weighted by atomic mass is 127. The van der Waals surface area contributed by atoms with Gasteiger partial charge < -0.3 is 0 Å². The lowest BCUT2D eigenvalue weighted by molar-refractivity contribution is 4.83. The van der Waals surface area contributed by atoms with E-state index in [1.54, 1.807) is 0 Å². The van der Waals surface area contributed by atoms with E-state index in [9.17, 15) is 0 Å². The molecular weight excluding hydrogens is 329 g/mol. The van der Waals surface area contributed by atoms with Crippen LogP contribution in [0, 0.1) is 0 Å². The fraction of sp³-hybridized carbons (Fsp3) is 0. The fourth-order valence-corrected chi connectivity index (χ4v) is 0. The van der Waals surface area contributed by atoms with Crippen LogP contribution >= 0.6 is 64.9 Å². The summed E-state index contributed by atoms with van der Waals surface area (Å²) in [6, 6.07) is 0. The van der Waals surface area contributed by atoms with Crippen molar-refractivity contribution < 1.29 is 0 Å². The molecule has 0 aliphatic heterocycles. The Hall–Kier alpha value is 1.98. The largest absolute Gasteiger partial charge is 0.107 e. The van der Waals surface area contributed by atoms with Crippen molar-refractivity contribution in [3.63, 3.8) is 0 Å². The maximum absolute atomic E-state index is 5.72. The fourth-order valence-electron chi connectivity index (χ4n) is 0. The first kappa shape index (κ1) is 10.1. The summed E-state index contributed by atoms with van der Waals surface area (Å²) in [6.07, 6.45) is 0. The van der Waals surface area contributed by atoms with Crippen LogP contribution in [0.5, 0.6) is 0 Å². The Morgan fingerprint density at radius 3 is 1.80 bits per heavy atom. The predicted octanol–water partition coefficient (Wildman–Crippen LogP) is 2.45. The van der Waals surface area contributed by atoms with E-state index < -0.39 is 0 Å². The van der Waals surface area contributed by atoms with Crippen molar-refractivity contribution in [2.45, 2.75) is 0 Å². The van der Waals surface area contributed by atoms with Gasteiger partial charge in [0, 0.05) is 0 Å². The molecule has 0 nitrogen and oxygen atoms in total. The van der Waals surface area contributed by atoms with Crippen molar-refractivity contribution in [1.29, 1.82) is 0.594 Å². The first-order chi connectivity index (χ1) is 3.00. The summed E-state index contributed by atoms with van der Waals surface area (Å²) in [6.45, 7) is 2.39. The second kappa shape index (κ2) is 37.8. The Morgan fingerprint density at radius 2 is 1.80 bits per heavy atom. The molecule has 1 unspecified atom stereocenters. The Morgan fingerprint density at radius 1 is 1.80 bits per heavy atom. The molecule has 0 saturated heterocycles. The summed E-state index contributed by atoms with van der Waals surface area (Å²) in [7, 11) is 0. The molecule has 4 heteroatoms. The normalized spacial score (nSPS) is 3.40. The standard InChI is InChI=1S/CH2S.H2IP.HI/c2*1-2;/h1H2;2H2;1H/i/hD. The average molecular weight is 335 g/mol. The summed E-state index contributed by atoms with van der Waals surface area (Å²) in [4.78, 5) is 0. The number of thiocarbonyl (C=S) groups is 1. The molecule has 0 fully saturated rings. The predicted molar refractivity (Wildman–Crippen MR) is 53.9 cm³/mol. The van der Waals surface area contributed by atoms with E-state index in [4.69, 9.17) is 0.594 Å². The lowest BCUT2D eigenvalue weighted by Gasteiger charge is -1.07. The second-order valence-corrected chi connectivity index (χ2v) is 0. The van der Waals surface area contributed by atoms with Gasteiger partial charge in [-0.25, -0.2) is 0 Å². The lowest BCUT2D eigenvalue weighted by Crippen LogP contribution is -0.660. The number of hydrogen-bond donors (Lipinski definition) is 0. The van der Waals surface area contributed by atoms with E-state index >= 15 is 0 Å². The van der Waals surface area contributed by atoms with Gasteiger partial charge in [0.25, 0.3) is 0 Å². The van der Waals surface area contributed by atoms with Gasteiger partial charge in [-0.05, 0) is 5.87 Å². The van der Waals surface area contributed by atoms with Gasteiger partial charge in [0.05, 0.1) is 0 Å². The van der Waals surface area contributed by atoms with Crippen LogP contribution in [0.4, 0.5) is 0 Å². The zero-order valence-corrected chi connectivity index (χ0v) is 8.73. The summed E-state index contributed by atoms with van der Waals surface area (Å²) >= 11 is 7.30. The highest BCUT2D eigenvalue weighted by molar-refractivity contribution is 14.2. The Bertz CT molecular complexity index is 13.5. The molecule has 0 rings (SSSR count). The minimum Gasteiger partial charge on any atom is -0.107 e. The van der Waals surface area contributed by atoms with Crippen molar-refractivity contribution >= 4 is 70.8 Å². The summed E-state index contributed by atoms with van der Waals surface area (Å²) in [5.41, 5.74) is 0. The summed E-state index contributed by atoms with van der Waals surface area (Å²) in [5, 5.41) is 0. The SMILES string of the molecule is C=S.PI.[2H]I. The molecule has 5 heavy (non-hydrogen) atoms. The van der Waals surface area contributed by atoms with Gasteiger partial charge in [0.2, 0.25) is 0 Å². The molecule has 0 saturated carbocycles. The number of hydrogen-bond acceptors (Lipinski definition) is 1. The molecule has 0 aliphatic rings. The average Bonchev–Trinajstić information content (AvgIpc) is 1.81. The zero-order chi connectivity index (χ0) is 6.00. The van der Waals surface area contributed by atoms with Crippen LogP contribution in [0.25, 0.3) is 0 Å². The van der Waals surface area contributed by atoms with Crippen LogP contribution in [0.2, 0.25) is 0 Å². The molecule has 34 valence electrons. The van der Waals surface area contributed by atoms with Gasteiger partial charge in [0.15, 0.2) is 0 Å². The molecule has 0 spiro atoms. The zero-order valence-electron chi connectivity index (χ0n) is 3.45. The van der Waals surface area contributed by atoms with E-state index in [0.29, 0.717) is 0 Å². The van der Waals surface area contributed by atoms with Gasteiger partial charge in [0.1, 0.15) is 0.594 Å². The highest BCUT2D eigenvalue weighted by Crippen LogP contribution is 1.87. The van der Waals surface area contributed by atoms with Gasteiger partial charge in [-0.2, -0.15) is 0 Å². The molecule has 0 amide bonds. The lowest BCUT2D eigenvalue weighted by atomic mass is 12.0. The van der Waals surface area contributed by atoms with Crippen molar-refractivity contribution in [2.24, 2.45) is 0 Å². The minimum atomic E-state index is 1.40. The first-order valence-corrected chi connectivity index (χ1v) is 5.26. The summed E-state index contributed by atoms with van der Waals surface area (Å²) in [5.74, 6) is 2.83. The van der Waals surface area contributed by atoms with Gasteiger partial charge in [-0.3, -0.25) is 0 Å². The minimum absolute atomic E-state index is 1.40. The molecule has 0 heterocycles. The molecule has 1 atom stereocenters. The quantitative estimate of drug-likeness (QED) is 0.372. The molecular formula is CH5I2PS. The molecule has 0 aromatic heterocycles. The van der Waals surface area contributed by atoms with E-state index in [-0.39, 0.29) is 0 Å². The van der Waals surface area contributed by atoms with Crippen molar-refractivity contribution in [3.8, 4) is 0 Å². The number of halogens is 2. The molecule has 0 N–H and O–H groups in total. The molecule has 0 aliphatic carbocycles. The van der Waals surface area contributed by atoms with Crippen LogP contribution in [0.15, 0.2) is 0 Å². The molecule has 0 bridgehead atoms. The van der Waals surface area contributed by atoms with Crippen LogP contribution < -0.4 is 0 Å². The van der Waals surface area contributed by atoms with Crippen molar-refractivity contribution in [2.75, 3.05) is 0 Å². The topological polar surface area (TPSA) is 0 Å². The third-order valence-electron chi connectivity index (χ3n) is 0. The van der Waals surface area contributed by atoms with E-state index in [0.717, 1.165) is 0 Å². The Balaban J connectivity index is -0.0000000225. The molecule has 0 radical (unpaired) electrons. The first-order valence-electron chi connectivity index (χ1n) is 0.885. The van der Waals surface area contributed by atoms with E-state index in [1.807, 2.05) is 0 Å². The molecule has 0 aromatic rings. The van der Waals surface area contributed by atoms with Gasteiger partial charge in [-0.15, -0.1) is 23.8 Å². The highest BCUT2D eigenvalue weighted by Gasteiger charge is 0.934. The van der Waals surface area contributed by atoms with Gasteiger partial charge in [-0.1, -0.05) is 41.1 Å². The Labute approximate surface area is 70.6 Å². The van der Waals surface area contributed by atoms with Crippen LogP contribution in [-0.4, -0.2) is 6.46 Å². The second-order valence-electron chi connectivity index (χ2n) is 0. The summed E-state index contributed by atoms with van der Waals surface area (Å²) < 4.78 is 5.72. The monoisotopic (exact) mass is 335 g/mol. The molecule has 0 aromatic carbocycles. The smallest absolute Gasteiger partial charge is 0.107 e. The van der Waals surface area contributed by atoms with Crippen LogP contribution in [0.3, 0.4) is 0 Å². The third kappa shape index (κ3) is 24.2. The van der Waals surface area contributed by atoms with E-state index in [1.165, 1.54) is 23.8 Å². The van der Waals surface area contributed by atoms with Gasteiger partial charge >= 0.3 is 0 Å². The third-order valence-corrected chi connectivity index (χ3v) is 0. The van der Waals surface area contributed by atoms with Crippen molar-refractivity contribution in [3.05, 3.63) is 0 Å². The maximum Gasteiger partial charge on any atom is 0.107 e. The van der Waals surface area contributed by atoms with Crippen LogP contribution in [0.1, 0.15) is 0 Å².